The van der Waals surface area contributed by atoms with Crippen molar-refractivity contribution < 1.29 is 4.39 Å². The van der Waals surface area contributed by atoms with Crippen molar-refractivity contribution in [1.29, 1.82) is 5.26 Å². The molecule has 3 rings (SSSR count). The number of H-pyrrole nitrogens is 1. The van der Waals surface area contributed by atoms with Crippen LogP contribution in [0.4, 0.5) is 4.39 Å². The van der Waals surface area contributed by atoms with E-state index >= 15 is 0 Å². The Morgan fingerprint density at radius 3 is 2.85 bits per heavy atom. The summed E-state index contributed by atoms with van der Waals surface area (Å²) >= 11 is 11.2. The minimum absolute atomic E-state index is 0.0422. The maximum atomic E-state index is 13.7. The van der Waals surface area contributed by atoms with Crippen LogP contribution in [-0.4, -0.2) is 9.55 Å². The molecule has 0 amide bonds. The predicted molar refractivity (Wildman–Crippen MR) is 78.1 cm³/mol. The number of imidazole rings is 1. The molecule has 0 aliphatic carbocycles. The summed E-state index contributed by atoms with van der Waals surface area (Å²) in [5.41, 5.74) is 1.84. The molecule has 98 valence electrons. The molecular formula is C14H7ClFN3S. The number of rotatable bonds is 1. The lowest BCUT2D eigenvalue weighted by molar-refractivity contribution is 0.622. The number of hydrogen-bond acceptors (Lipinski definition) is 2. The number of hydrogen-bond donors (Lipinski definition) is 1. The largest absolute Gasteiger partial charge is 0.330 e. The molecule has 0 saturated heterocycles. The summed E-state index contributed by atoms with van der Waals surface area (Å²) in [5, 5.41) is 9.71. The van der Waals surface area contributed by atoms with Gasteiger partial charge in [-0.3, -0.25) is 4.57 Å². The lowest BCUT2D eigenvalue weighted by atomic mass is 10.1. The van der Waals surface area contributed by atoms with Crippen LogP contribution in [0.15, 0.2) is 36.4 Å². The Hall–Kier alpha value is -2.16. The molecule has 6 heteroatoms. The molecule has 0 unspecified atom stereocenters. The van der Waals surface area contributed by atoms with E-state index < -0.39 is 5.82 Å². The third kappa shape index (κ3) is 1.90. The summed E-state index contributed by atoms with van der Waals surface area (Å²) in [6.07, 6.45) is 0. The van der Waals surface area contributed by atoms with Gasteiger partial charge in [0, 0.05) is 5.02 Å². The molecule has 0 atom stereocenters. The summed E-state index contributed by atoms with van der Waals surface area (Å²) < 4.78 is 15.7. The monoisotopic (exact) mass is 303 g/mol. The Balaban J connectivity index is 2.42. The van der Waals surface area contributed by atoms with Gasteiger partial charge >= 0.3 is 0 Å². The molecule has 0 saturated carbocycles. The van der Waals surface area contributed by atoms with E-state index in [1.165, 1.54) is 6.07 Å². The van der Waals surface area contributed by atoms with E-state index in [9.17, 15) is 4.39 Å². The zero-order chi connectivity index (χ0) is 14.3. The number of halogens is 2. The Morgan fingerprint density at radius 2 is 2.10 bits per heavy atom. The summed E-state index contributed by atoms with van der Waals surface area (Å²) in [7, 11) is 0. The predicted octanol–water partition coefficient (Wildman–Crippen LogP) is 4.35. The summed E-state index contributed by atoms with van der Waals surface area (Å²) in [6, 6.07) is 11.5. The lowest BCUT2D eigenvalue weighted by Gasteiger charge is -2.07. The highest BCUT2D eigenvalue weighted by Gasteiger charge is 2.13. The van der Waals surface area contributed by atoms with Crippen LogP contribution in [0.3, 0.4) is 0 Å². The molecule has 1 N–H and O–H groups in total. The van der Waals surface area contributed by atoms with Gasteiger partial charge in [-0.15, -0.1) is 0 Å². The zero-order valence-electron chi connectivity index (χ0n) is 10.0. The number of nitriles is 1. The normalized spacial score (nSPS) is 10.7. The molecule has 0 bridgehead atoms. The van der Waals surface area contributed by atoms with Gasteiger partial charge in [0.1, 0.15) is 17.4 Å². The standard InChI is InChI=1S/C14H7ClFN3S/c15-8-4-5-13-11(6-8)18-14(20)19(13)12-3-1-2-10(16)9(12)7-17/h1-6H,(H,18,20). The maximum absolute atomic E-state index is 13.7. The van der Waals surface area contributed by atoms with Crippen LogP contribution in [0.1, 0.15) is 5.56 Å². The van der Waals surface area contributed by atoms with Crippen LogP contribution in [0, 0.1) is 21.9 Å². The van der Waals surface area contributed by atoms with Crippen molar-refractivity contribution in [1.82, 2.24) is 9.55 Å². The van der Waals surface area contributed by atoms with Crippen molar-refractivity contribution >= 4 is 34.9 Å². The first-order valence-corrected chi connectivity index (χ1v) is 6.49. The molecule has 1 aromatic heterocycles. The first kappa shape index (κ1) is 12.9. The molecule has 0 spiro atoms. The molecule has 0 fully saturated rings. The fourth-order valence-electron chi connectivity index (χ4n) is 2.13. The van der Waals surface area contributed by atoms with Crippen LogP contribution in [0.5, 0.6) is 0 Å². The number of nitrogens with one attached hydrogen (secondary N) is 1. The van der Waals surface area contributed by atoms with Crippen LogP contribution < -0.4 is 0 Å². The van der Waals surface area contributed by atoms with E-state index in [0.29, 0.717) is 15.5 Å². The molecule has 3 aromatic rings. The van der Waals surface area contributed by atoms with Crippen molar-refractivity contribution in [2.45, 2.75) is 0 Å². The molecule has 20 heavy (non-hydrogen) atoms. The highest BCUT2D eigenvalue weighted by Crippen LogP contribution is 2.25. The van der Waals surface area contributed by atoms with Gasteiger partial charge in [0.05, 0.1) is 16.7 Å². The molecule has 2 aromatic carbocycles. The molecule has 0 radical (unpaired) electrons. The molecule has 1 heterocycles. The summed E-state index contributed by atoms with van der Waals surface area (Å²) in [6.45, 7) is 0. The molecule has 0 aliphatic heterocycles. The second-order valence-electron chi connectivity index (χ2n) is 4.17. The smallest absolute Gasteiger partial charge is 0.182 e. The van der Waals surface area contributed by atoms with Crippen molar-refractivity contribution in [3.05, 3.63) is 57.6 Å². The quantitative estimate of drug-likeness (QED) is 0.679. The van der Waals surface area contributed by atoms with Gasteiger partial charge in [0.15, 0.2) is 4.77 Å². The van der Waals surface area contributed by atoms with Crippen molar-refractivity contribution in [2.75, 3.05) is 0 Å². The second kappa shape index (κ2) is 4.75. The van der Waals surface area contributed by atoms with E-state index in [0.717, 1.165) is 11.0 Å². The second-order valence-corrected chi connectivity index (χ2v) is 5.00. The summed E-state index contributed by atoms with van der Waals surface area (Å²) in [5.74, 6) is -0.574. The highest BCUT2D eigenvalue weighted by atomic mass is 35.5. The van der Waals surface area contributed by atoms with Gasteiger partial charge in [-0.2, -0.15) is 5.26 Å². The topological polar surface area (TPSA) is 44.5 Å². The van der Waals surface area contributed by atoms with Crippen LogP contribution in [0.2, 0.25) is 5.02 Å². The van der Waals surface area contributed by atoms with E-state index in [1.54, 1.807) is 34.9 Å². The Kier molecular flexibility index (Phi) is 3.05. The van der Waals surface area contributed by atoms with E-state index in [1.807, 2.05) is 6.07 Å². The van der Waals surface area contributed by atoms with Crippen LogP contribution >= 0.6 is 23.8 Å². The van der Waals surface area contributed by atoms with E-state index in [4.69, 9.17) is 29.1 Å². The first-order valence-electron chi connectivity index (χ1n) is 5.71. The van der Waals surface area contributed by atoms with E-state index in [2.05, 4.69) is 4.98 Å². The van der Waals surface area contributed by atoms with Crippen LogP contribution in [-0.2, 0) is 0 Å². The fraction of sp³-hybridized carbons (Fsp3) is 0. The number of benzene rings is 2. The lowest BCUT2D eigenvalue weighted by Crippen LogP contribution is -1.99. The Morgan fingerprint density at radius 1 is 1.30 bits per heavy atom. The maximum Gasteiger partial charge on any atom is 0.182 e. The van der Waals surface area contributed by atoms with Gasteiger partial charge in [-0.1, -0.05) is 17.7 Å². The summed E-state index contributed by atoms with van der Waals surface area (Å²) in [4.78, 5) is 3.00. The number of fused-ring (bicyclic) bond motifs is 1. The average molecular weight is 304 g/mol. The molecule has 3 nitrogen and oxygen atoms in total. The SMILES string of the molecule is N#Cc1c(F)cccc1-n1c(=S)[nH]c2cc(Cl)ccc21. The van der Waals surface area contributed by atoms with Gasteiger partial charge in [-0.25, -0.2) is 4.39 Å². The number of aromatic amines is 1. The number of aromatic nitrogens is 2. The highest BCUT2D eigenvalue weighted by molar-refractivity contribution is 7.71. The van der Waals surface area contributed by atoms with Crippen molar-refractivity contribution in [2.24, 2.45) is 0 Å². The van der Waals surface area contributed by atoms with Gasteiger partial charge in [0.25, 0.3) is 0 Å². The average Bonchev–Trinajstić information content (AvgIpc) is 2.73. The first-order chi connectivity index (χ1) is 9.61. The molecule has 0 aliphatic rings. The Bertz CT molecular complexity index is 920. The minimum Gasteiger partial charge on any atom is -0.330 e. The van der Waals surface area contributed by atoms with Crippen LogP contribution in [0.25, 0.3) is 16.7 Å². The zero-order valence-corrected chi connectivity index (χ0v) is 11.6. The van der Waals surface area contributed by atoms with Gasteiger partial charge < -0.3 is 4.98 Å². The van der Waals surface area contributed by atoms with Crippen molar-refractivity contribution in [3.8, 4) is 11.8 Å². The van der Waals surface area contributed by atoms with Crippen molar-refractivity contribution in [3.63, 3.8) is 0 Å². The van der Waals surface area contributed by atoms with E-state index in [-0.39, 0.29) is 5.56 Å². The minimum atomic E-state index is -0.574. The third-order valence-electron chi connectivity index (χ3n) is 2.99. The van der Waals surface area contributed by atoms with Gasteiger partial charge in [-0.05, 0) is 42.5 Å². The molecular weight excluding hydrogens is 297 g/mol. The third-order valence-corrected chi connectivity index (χ3v) is 3.51. The Labute approximate surface area is 123 Å². The van der Waals surface area contributed by atoms with Gasteiger partial charge in [0.2, 0.25) is 0 Å². The number of nitrogens with zero attached hydrogens (tertiary/aromatic N) is 2. The fourth-order valence-corrected chi connectivity index (χ4v) is 2.61.